The Morgan fingerprint density at radius 2 is 2.19 bits per heavy atom. The minimum Gasteiger partial charge on any atom is -0.346 e. The van der Waals surface area contributed by atoms with E-state index in [9.17, 15) is 4.79 Å². The number of amides is 1. The molecule has 21 heavy (non-hydrogen) atoms. The highest BCUT2D eigenvalue weighted by Gasteiger charge is 2.40. The smallest absolute Gasteiger partial charge is 0.270 e. The molecule has 2 aromatic heterocycles. The number of nitrogens with zero attached hydrogens (tertiary/aromatic N) is 3. The van der Waals surface area contributed by atoms with Gasteiger partial charge in [-0.05, 0) is 44.8 Å². The molecule has 2 N–H and O–H groups in total. The Balaban J connectivity index is 1.54. The van der Waals surface area contributed by atoms with Crippen LogP contribution in [0.25, 0.3) is 11.0 Å². The molecule has 0 spiro atoms. The van der Waals surface area contributed by atoms with Crippen LogP contribution in [0.2, 0.25) is 0 Å². The molecule has 6 nitrogen and oxygen atoms in total. The number of aromatic amines is 1. The fourth-order valence-electron chi connectivity index (χ4n) is 3.73. The van der Waals surface area contributed by atoms with E-state index in [1.54, 1.807) is 18.6 Å². The molecule has 0 unspecified atom stereocenters. The van der Waals surface area contributed by atoms with Gasteiger partial charge in [0.25, 0.3) is 5.91 Å². The Morgan fingerprint density at radius 1 is 1.38 bits per heavy atom. The van der Waals surface area contributed by atoms with Crippen LogP contribution in [0.4, 0.5) is 0 Å². The molecular formula is C15H19N5O. The van der Waals surface area contributed by atoms with E-state index in [0.717, 1.165) is 24.1 Å². The van der Waals surface area contributed by atoms with Gasteiger partial charge in [0, 0.05) is 12.1 Å². The monoisotopic (exact) mass is 285 g/mol. The molecule has 0 radical (unpaired) electrons. The highest BCUT2D eigenvalue weighted by atomic mass is 16.2. The van der Waals surface area contributed by atoms with Gasteiger partial charge in [-0.15, -0.1) is 0 Å². The molecule has 6 heteroatoms. The van der Waals surface area contributed by atoms with E-state index in [2.05, 4.69) is 32.1 Å². The van der Waals surface area contributed by atoms with Gasteiger partial charge in [-0.1, -0.05) is 0 Å². The summed E-state index contributed by atoms with van der Waals surface area (Å²) in [6.07, 6.45) is 5.64. The van der Waals surface area contributed by atoms with Crippen molar-refractivity contribution in [3.8, 4) is 0 Å². The normalized spacial score (nSPS) is 31.5. The highest BCUT2D eigenvalue weighted by molar-refractivity contribution is 5.95. The largest absolute Gasteiger partial charge is 0.346 e. The van der Waals surface area contributed by atoms with Gasteiger partial charge in [0.05, 0.1) is 23.6 Å². The molecule has 3 fully saturated rings. The maximum atomic E-state index is 12.5. The fraction of sp³-hybridized carbons (Fsp3) is 0.533. The van der Waals surface area contributed by atoms with E-state index < -0.39 is 0 Å². The molecule has 0 saturated carbocycles. The quantitative estimate of drug-likeness (QED) is 0.868. The summed E-state index contributed by atoms with van der Waals surface area (Å²) in [5.41, 5.74) is 2.07. The number of rotatable bonds is 2. The first-order valence-corrected chi connectivity index (χ1v) is 7.56. The number of piperidine rings is 3. The highest BCUT2D eigenvalue weighted by Crippen LogP contribution is 2.32. The lowest BCUT2D eigenvalue weighted by molar-refractivity contribution is 0.0216. The van der Waals surface area contributed by atoms with E-state index in [1.807, 2.05) is 0 Å². The Kier molecular flexibility index (Phi) is 2.92. The van der Waals surface area contributed by atoms with Crippen molar-refractivity contribution in [2.45, 2.75) is 31.8 Å². The molecule has 5 rings (SSSR count). The van der Waals surface area contributed by atoms with E-state index in [0.29, 0.717) is 17.7 Å². The first-order chi connectivity index (χ1) is 10.2. The standard InChI is InChI=1S/C15H19N5O/c1-9-14(10-2-4-20(9)5-3-10)19-15(21)12-6-11-13(7-16-12)18-8-17-11/h6-10,14H,2-5H2,1H3,(H,17,18)(H,19,21)/t9-,14-/m0/s1. The molecule has 1 amide bonds. The summed E-state index contributed by atoms with van der Waals surface area (Å²) in [5.74, 6) is 0.508. The van der Waals surface area contributed by atoms with Crippen LogP contribution in [0.3, 0.4) is 0 Å². The van der Waals surface area contributed by atoms with Crippen LogP contribution >= 0.6 is 0 Å². The van der Waals surface area contributed by atoms with Gasteiger partial charge in [0.1, 0.15) is 5.69 Å². The van der Waals surface area contributed by atoms with Crippen LogP contribution in [0.15, 0.2) is 18.6 Å². The van der Waals surface area contributed by atoms with E-state index >= 15 is 0 Å². The third-order valence-electron chi connectivity index (χ3n) is 5.01. The number of pyridine rings is 1. The van der Waals surface area contributed by atoms with Gasteiger partial charge in [0.15, 0.2) is 0 Å². The van der Waals surface area contributed by atoms with Crippen LogP contribution in [0.1, 0.15) is 30.3 Å². The molecular weight excluding hydrogens is 266 g/mol. The summed E-state index contributed by atoms with van der Waals surface area (Å²) < 4.78 is 0. The maximum absolute atomic E-state index is 12.5. The van der Waals surface area contributed by atoms with Gasteiger partial charge in [0.2, 0.25) is 0 Å². The number of carbonyl (C=O) groups excluding carboxylic acids is 1. The van der Waals surface area contributed by atoms with Crippen molar-refractivity contribution < 1.29 is 4.79 Å². The Morgan fingerprint density at radius 3 is 2.95 bits per heavy atom. The molecule has 0 aromatic carbocycles. The number of H-pyrrole nitrogens is 1. The summed E-state index contributed by atoms with van der Waals surface area (Å²) in [4.78, 5) is 26.3. The minimum atomic E-state index is -0.0921. The van der Waals surface area contributed by atoms with E-state index in [1.165, 1.54) is 12.8 Å². The van der Waals surface area contributed by atoms with Gasteiger partial charge in [-0.3, -0.25) is 9.69 Å². The van der Waals surface area contributed by atoms with E-state index in [-0.39, 0.29) is 11.9 Å². The summed E-state index contributed by atoms with van der Waals surface area (Å²) in [6, 6.07) is 2.39. The predicted molar refractivity (Wildman–Crippen MR) is 78.9 cm³/mol. The van der Waals surface area contributed by atoms with Crippen LogP contribution in [-0.2, 0) is 0 Å². The lowest BCUT2D eigenvalue weighted by Crippen LogP contribution is -2.62. The molecule has 3 aliphatic heterocycles. The van der Waals surface area contributed by atoms with Crippen molar-refractivity contribution in [1.29, 1.82) is 0 Å². The molecule has 2 atom stereocenters. The lowest BCUT2D eigenvalue weighted by Gasteiger charge is -2.49. The second-order valence-electron chi connectivity index (χ2n) is 6.10. The number of fused-ring (bicyclic) bond motifs is 4. The molecule has 110 valence electrons. The van der Waals surface area contributed by atoms with Gasteiger partial charge in [-0.2, -0.15) is 0 Å². The number of imidazole rings is 1. The number of hydrogen-bond acceptors (Lipinski definition) is 4. The summed E-state index contributed by atoms with van der Waals surface area (Å²) >= 11 is 0. The molecule has 2 bridgehead atoms. The summed E-state index contributed by atoms with van der Waals surface area (Å²) in [6.45, 7) is 4.53. The molecule has 5 heterocycles. The second-order valence-corrected chi connectivity index (χ2v) is 6.10. The van der Waals surface area contributed by atoms with Crippen molar-refractivity contribution in [3.05, 3.63) is 24.3 Å². The number of aromatic nitrogens is 3. The Hall–Kier alpha value is -1.95. The van der Waals surface area contributed by atoms with Crippen molar-refractivity contribution >= 4 is 16.9 Å². The van der Waals surface area contributed by atoms with Crippen molar-refractivity contribution in [3.63, 3.8) is 0 Å². The first-order valence-electron chi connectivity index (χ1n) is 7.56. The van der Waals surface area contributed by atoms with Crippen molar-refractivity contribution in [1.82, 2.24) is 25.2 Å². The number of hydrogen-bond donors (Lipinski definition) is 2. The molecule has 3 aliphatic rings. The topological polar surface area (TPSA) is 73.9 Å². The zero-order valence-corrected chi connectivity index (χ0v) is 12.0. The van der Waals surface area contributed by atoms with Crippen LogP contribution in [0, 0.1) is 5.92 Å². The Labute approximate surface area is 123 Å². The van der Waals surface area contributed by atoms with Crippen LogP contribution in [0.5, 0.6) is 0 Å². The maximum Gasteiger partial charge on any atom is 0.270 e. The third-order valence-corrected chi connectivity index (χ3v) is 5.01. The zero-order valence-electron chi connectivity index (χ0n) is 12.0. The molecule has 3 saturated heterocycles. The van der Waals surface area contributed by atoms with Crippen LogP contribution in [-0.4, -0.2) is 50.9 Å². The lowest BCUT2D eigenvalue weighted by atomic mass is 9.79. The number of nitrogens with one attached hydrogen (secondary N) is 2. The minimum absolute atomic E-state index is 0.0921. The second kappa shape index (κ2) is 4.80. The zero-order chi connectivity index (χ0) is 14.4. The van der Waals surface area contributed by atoms with Gasteiger partial charge < -0.3 is 10.3 Å². The summed E-state index contributed by atoms with van der Waals surface area (Å²) in [5, 5.41) is 3.19. The van der Waals surface area contributed by atoms with Crippen molar-refractivity contribution in [2.24, 2.45) is 5.92 Å². The van der Waals surface area contributed by atoms with Crippen LogP contribution < -0.4 is 5.32 Å². The molecule has 0 aliphatic carbocycles. The van der Waals surface area contributed by atoms with Crippen molar-refractivity contribution in [2.75, 3.05) is 13.1 Å². The first kappa shape index (κ1) is 12.8. The Bertz CT molecular complexity index is 672. The summed E-state index contributed by atoms with van der Waals surface area (Å²) in [7, 11) is 0. The predicted octanol–water partition coefficient (Wildman–Crippen LogP) is 1.17. The average molecular weight is 285 g/mol. The molecule has 2 aromatic rings. The fourth-order valence-corrected chi connectivity index (χ4v) is 3.73. The number of carbonyl (C=O) groups is 1. The third kappa shape index (κ3) is 2.10. The van der Waals surface area contributed by atoms with Gasteiger partial charge in [-0.25, -0.2) is 9.97 Å². The average Bonchev–Trinajstić information content (AvgIpc) is 2.98. The SMILES string of the molecule is C[C@H]1[C@H](NC(=O)c2cc3nc[nH]c3cn2)C2CCN1CC2. The van der Waals surface area contributed by atoms with E-state index in [4.69, 9.17) is 0 Å². The van der Waals surface area contributed by atoms with Gasteiger partial charge >= 0.3 is 0 Å².